The fraction of sp³-hybridized carbons (Fsp3) is 0.538. The minimum absolute atomic E-state index is 0.413. The summed E-state index contributed by atoms with van der Waals surface area (Å²) in [6, 6.07) is 4.58. The molecule has 1 aromatic heterocycles. The van der Waals surface area contributed by atoms with E-state index in [0.717, 1.165) is 42.4 Å². The molecule has 4 heteroatoms. The number of hydrogen-bond acceptors (Lipinski definition) is 3. The highest BCUT2D eigenvalue weighted by molar-refractivity contribution is 9.10. The van der Waals surface area contributed by atoms with Gasteiger partial charge in [0, 0.05) is 36.1 Å². The Morgan fingerprint density at radius 2 is 2.12 bits per heavy atom. The van der Waals surface area contributed by atoms with Gasteiger partial charge in [-0.2, -0.15) is 0 Å². The predicted molar refractivity (Wildman–Crippen MR) is 70.7 cm³/mol. The van der Waals surface area contributed by atoms with E-state index in [0.29, 0.717) is 11.8 Å². The second-order valence-corrected chi connectivity index (χ2v) is 5.57. The Labute approximate surface area is 110 Å². The van der Waals surface area contributed by atoms with Crippen molar-refractivity contribution >= 4 is 21.7 Å². The van der Waals surface area contributed by atoms with Crippen LogP contribution in [0.2, 0.25) is 0 Å². The van der Waals surface area contributed by atoms with E-state index in [4.69, 9.17) is 0 Å². The summed E-state index contributed by atoms with van der Waals surface area (Å²) in [5, 5.41) is 0. The SMILES string of the molecule is CN(Cc1ccc(Br)cn1)C1CCC(=O)CC1. The van der Waals surface area contributed by atoms with Crippen LogP contribution in [0.15, 0.2) is 22.8 Å². The van der Waals surface area contributed by atoms with Crippen LogP contribution < -0.4 is 0 Å². The van der Waals surface area contributed by atoms with Crippen LogP contribution in [0.25, 0.3) is 0 Å². The highest BCUT2D eigenvalue weighted by Gasteiger charge is 2.22. The summed E-state index contributed by atoms with van der Waals surface area (Å²) < 4.78 is 1.01. The molecule has 0 saturated heterocycles. The maximum Gasteiger partial charge on any atom is 0.133 e. The second-order valence-electron chi connectivity index (χ2n) is 4.65. The van der Waals surface area contributed by atoms with Crippen molar-refractivity contribution in [3.05, 3.63) is 28.5 Å². The number of nitrogens with zero attached hydrogens (tertiary/aromatic N) is 2. The van der Waals surface area contributed by atoms with E-state index in [1.165, 1.54) is 0 Å². The van der Waals surface area contributed by atoms with E-state index in [9.17, 15) is 4.79 Å². The van der Waals surface area contributed by atoms with Crippen LogP contribution in [0.3, 0.4) is 0 Å². The molecule has 92 valence electrons. The molecule has 0 atom stereocenters. The fourth-order valence-corrected chi connectivity index (χ4v) is 2.48. The van der Waals surface area contributed by atoms with Gasteiger partial charge in [-0.3, -0.25) is 14.7 Å². The Balaban J connectivity index is 1.90. The average molecular weight is 297 g/mol. The van der Waals surface area contributed by atoms with Crippen LogP contribution in [0.4, 0.5) is 0 Å². The van der Waals surface area contributed by atoms with Crippen LogP contribution in [0, 0.1) is 0 Å². The van der Waals surface area contributed by atoms with Crippen LogP contribution >= 0.6 is 15.9 Å². The summed E-state index contributed by atoms with van der Waals surface area (Å²) in [7, 11) is 2.12. The smallest absolute Gasteiger partial charge is 0.133 e. The first-order valence-corrected chi connectivity index (χ1v) is 6.77. The number of hydrogen-bond donors (Lipinski definition) is 0. The average Bonchev–Trinajstić information content (AvgIpc) is 2.33. The molecule has 1 fully saturated rings. The van der Waals surface area contributed by atoms with Gasteiger partial charge < -0.3 is 0 Å². The molecule has 1 aliphatic carbocycles. The first-order valence-electron chi connectivity index (χ1n) is 5.97. The van der Waals surface area contributed by atoms with Crippen LogP contribution in [-0.4, -0.2) is 28.8 Å². The first-order chi connectivity index (χ1) is 8.15. The van der Waals surface area contributed by atoms with Gasteiger partial charge in [-0.15, -0.1) is 0 Å². The van der Waals surface area contributed by atoms with Gasteiger partial charge >= 0.3 is 0 Å². The lowest BCUT2D eigenvalue weighted by atomic mass is 9.93. The normalized spacial score (nSPS) is 17.7. The summed E-state index contributed by atoms with van der Waals surface area (Å²) in [5.41, 5.74) is 1.08. The first kappa shape index (κ1) is 12.7. The second kappa shape index (κ2) is 5.74. The van der Waals surface area contributed by atoms with Crippen molar-refractivity contribution in [1.29, 1.82) is 0 Å². The summed E-state index contributed by atoms with van der Waals surface area (Å²) in [6.45, 7) is 0.853. The molecule has 2 rings (SSSR count). The molecule has 1 saturated carbocycles. The number of halogens is 1. The number of Topliss-reactive ketones (excluding diaryl/α,β-unsaturated/α-hetero) is 1. The minimum Gasteiger partial charge on any atom is -0.300 e. The fourth-order valence-electron chi connectivity index (χ4n) is 2.25. The van der Waals surface area contributed by atoms with Gasteiger partial charge in [0.05, 0.1) is 5.69 Å². The van der Waals surface area contributed by atoms with Crippen molar-refractivity contribution in [3.8, 4) is 0 Å². The molecule has 0 bridgehead atoms. The minimum atomic E-state index is 0.413. The third-order valence-electron chi connectivity index (χ3n) is 3.34. The lowest BCUT2D eigenvalue weighted by Crippen LogP contribution is -2.35. The van der Waals surface area contributed by atoms with Crippen molar-refractivity contribution < 1.29 is 4.79 Å². The number of ketones is 1. The number of carbonyl (C=O) groups is 1. The zero-order valence-corrected chi connectivity index (χ0v) is 11.6. The van der Waals surface area contributed by atoms with Crippen molar-refractivity contribution in [2.24, 2.45) is 0 Å². The Hall–Kier alpha value is -0.740. The van der Waals surface area contributed by atoms with Crippen LogP contribution in [-0.2, 0) is 11.3 Å². The largest absolute Gasteiger partial charge is 0.300 e. The summed E-state index contributed by atoms with van der Waals surface area (Å²) in [4.78, 5) is 17.9. The molecule has 0 unspecified atom stereocenters. The summed E-state index contributed by atoms with van der Waals surface area (Å²) >= 11 is 3.38. The highest BCUT2D eigenvalue weighted by atomic mass is 79.9. The lowest BCUT2D eigenvalue weighted by molar-refractivity contribution is -0.121. The number of pyridine rings is 1. The molecule has 0 N–H and O–H groups in total. The third kappa shape index (κ3) is 3.61. The predicted octanol–water partition coefficient (Wildman–Crippen LogP) is 2.79. The molecule has 0 aromatic carbocycles. The van der Waals surface area contributed by atoms with Crippen molar-refractivity contribution in [2.45, 2.75) is 38.3 Å². The van der Waals surface area contributed by atoms with Gasteiger partial charge in [0.2, 0.25) is 0 Å². The number of carbonyl (C=O) groups excluding carboxylic acids is 1. The van der Waals surface area contributed by atoms with E-state index in [2.05, 4.69) is 32.9 Å². The Morgan fingerprint density at radius 3 is 2.71 bits per heavy atom. The summed E-state index contributed by atoms with van der Waals surface area (Å²) in [6.07, 6.45) is 5.29. The van der Waals surface area contributed by atoms with Crippen LogP contribution in [0.1, 0.15) is 31.4 Å². The quantitative estimate of drug-likeness (QED) is 0.860. The topological polar surface area (TPSA) is 33.2 Å². The van der Waals surface area contributed by atoms with Gasteiger partial charge in [0.1, 0.15) is 5.78 Å². The molecule has 0 aliphatic heterocycles. The van der Waals surface area contributed by atoms with E-state index >= 15 is 0 Å². The monoisotopic (exact) mass is 296 g/mol. The molecule has 3 nitrogen and oxygen atoms in total. The molecule has 1 aromatic rings. The Kier molecular flexibility index (Phi) is 4.29. The van der Waals surface area contributed by atoms with Gasteiger partial charge in [-0.1, -0.05) is 0 Å². The van der Waals surface area contributed by atoms with Crippen molar-refractivity contribution in [3.63, 3.8) is 0 Å². The van der Waals surface area contributed by atoms with Crippen molar-refractivity contribution in [2.75, 3.05) is 7.05 Å². The highest BCUT2D eigenvalue weighted by Crippen LogP contribution is 2.20. The Bertz CT molecular complexity index is 381. The standard InChI is InChI=1S/C13H17BrN2O/c1-16(12-4-6-13(17)7-5-12)9-11-3-2-10(14)8-15-11/h2-3,8,12H,4-7,9H2,1H3. The van der Waals surface area contributed by atoms with Gasteiger partial charge in [-0.25, -0.2) is 0 Å². The third-order valence-corrected chi connectivity index (χ3v) is 3.81. The van der Waals surface area contributed by atoms with E-state index in [1.807, 2.05) is 18.3 Å². The van der Waals surface area contributed by atoms with E-state index < -0.39 is 0 Å². The molecular weight excluding hydrogens is 280 g/mol. The van der Waals surface area contributed by atoms with Gasteiger partial charge in [0.25, 0.3) is 0 Å². The lowest BCUT2D eigenvalue weighted by Gasteiger charge is -2.30. The molecule has 1 heterocycles. The summed E-state index contributed by atoms with van der Waals surface area (Å²) in [5.74, 6) is 0.413. The van der Waals surface area contributed by atoms with Crippen LogP contribution in [0.5, 0.6) is 0 Å². The van der Waals surface area contributed by atoms with E-state index in [-0.39, 0.29) is 0 Å². The molecular formula is C13H17BrN2O. The van der Waals surface area contributed by atoms with E-state index in [1.54, 1.807) is 0 Å². The zero-order valence-electron chi connectivity index (χ0n) is 10.0. The molecule has 1 aliphatic rings. The Morgan fingerprint density at radius 1 is 1.41 bits per heavy atom. The van der Waals surface area contributed by atoms with Crippen molar-refractivity contribution in [1.82, 2.24) is 9.88 Å². The molecule has 17 heavy (non-hydrogen) atoms. The molecule has 0 amide bonds. The van der Waals surface area contributed by atoms with Gasteiger partial charge in [0.15, 0.2) is 0 Å². The molecule has 0 radical (unpaired) electrons. The maximum absolute atomic E-state index is 11.2. The zero-order chi connectivity index (χ0) is 12.3. The van der Waals surface area contributed by atoms with Gasteiger partial charge in [-0.05, 0) is 48.0 Å². The number of rotatable bonds is 3. The number of aromatic nitrogens is 1. The maximum atomic E-state index is 11.2. The molecule has 0 spiro atoms.